The van der Waals surface area contributed by atoms with E-state index in [2.05, 4.69) is 0 Å². The van der Waals surface area contributed by atoms with Crippen molar-refractivity contribution in [3.63, 3.8) is 0 Å². The zero-order chi connectivity index (χ0) is 43.9. The summed E-state index contributed by atoms with van der Waals surface area (Å²) in [5.74, 6) is 0. The van der Waals surface area contributed by atoms with Crippen molar-refractivity contribution in [3.8, 4) is 0 Å². The van der Waals surface area contributed by atoms with Crippen molar-refractivity contribution in [3.05, 3.63) is 119 Å². The fraction of sp³-hybridized carbons (Fsp3) is 0.429. The molecule has 1 aliphatic heterocycles. The van der Waals surface area contributed by atoms with Crippen LogP contribution in [0.2, 0.25) is 6.82 Å². The molecule has 1 aliphatic rings. The molecule has 0 radical (unpaired) electrons. The molecule has 4 aromatic carbocycles. The van der Waals surface area contributed by atoms with Gasteiger partial charge in [0.05, 0.1) is 27.8 Å². The summed E-state index contributed by atoms with van der Waals surface area (Å²) in [6.07, 6.45) is 2.41. The van der Waals surface area contributed by atoms with E-state index < -0.39 is 83.5 Å². The first-order valence-electron chi connectivity index (χ1n) is 20.2. The predicted molar refractivity (Wildman–Crippen MR) is 233 cm³/mol. The summed E-state index contributed by atoms with van der Waals surface area (Å²) in [6.45, 7) is 6.48. The van der Waals surface area contributed by atoms with E-state index in [1.54, 1.807) is 62.4 Å². The molecule has 0 amide bonds. The van der Waals surface area contributed by atoms with Gasteiger partial charge in [-0.05, 0) is 102 Å². The zero-order valence-corrected chi connectivity index (χ0v) is 38.2. The van der Waals surface area contributed by atoms with Crippen molar-refractivity contribution in [1.82, 2.24) is 8.52 Å². The fourth-order valence-corrected chi connectivity index (χ4v) is 13.6. The average Bonchev–Trinajstić information content (AvgIpc) is 3.19. The van der Waals surface area contributed by atoms with E-state index in [1.165, 1.54) is 55.4 Å². The number of hydrogen-bond donors (Lipinski definition) is 1. The van der Waals surface area contributed by atoms with Crippen LogP contribution in [0.1, 0.15) is 67.2 Å². The molecule has 1 N–H and O–H groups in total. The molecule has 60 heavy (non-hydrogen) atoms. The lowest BCUT2D eigenvalue weighted by Gasteiger charge is -2.43. The first-order chi connectivity index (χ1) is 28.2. The van der Waals surface area contributed by atoms with Gasteiger partial charge in [-0.1, -0.05) is 90.0 Å². The van der Waals surface area contributed by atoms with Gasteiger partial charge in [-0.3, -0.25) is 0 Å². The highest BCUT2D eigenvalue weighted by Gasteiger charge is 2.52. The maximum atomic E-state index is 15.4. The van der Waals surface area contributed by atoms with Crippen LogP contribution in [-0.4, -0.2) is 97.1 Å². The molecule has 5 rings (SSSR count). The molecule has 1 fully saturated rings. The number of rotatable bonds is 16. The minimum absolute atomic E-state index is 0.0332. The average molecular weight is 903 g/mol. The molecule has 2 atom stereocenters. The Morgan fingerprint density at radius 2 is 0.983 bits per heavy atom. The van der Waals surface area contributed by atoms with E-state index >= 15 is 8.42 Å². The fourth-order valence-electron chi connectivity index (χ4n) is 7.44. The van der Waals surface area contributed by atoms with Crippen LogP contribution in [0.5, 0.6) is 0 Å². The molecule has 0 saturated carbocycles. The zero-order valence-electron chi connectivity index (χ0n) is 35.0. The van der Waals surface area contributed by atoms with E-state index in [-0.39, 0.29) is 32.5 Å². The number of benzene rings is 4. The molecule has 13 nitrogen and oxygen atoms in total. The second-order valence-electron chi connectivity index (χ2n) is 15.7. The number of nitrogens with zero attached hydrogens (tertiary/aromatic N) is 3. The molecule has 0 aromatic heterocycles. The Bertz CT molecular complexity index is 2500. The van der Waals surface area contributed by atoms with Gasteiger partial charge in [0.25, 0.3) is 0 Å². The Hall–Kier alpha value is -3.46. The maximum Gasteiger partial charge on any atom is 0.390 e. The van der Waals surface area contributed by atoms with Crippen LogP contribution in [0, 0.1) is 27.7 Å². The molecule has 1 saturated heterocycles. The van der Waals surface area contributed by atoms with Gasteiger partial charge in [0.15, 0.2) is 0 Å². The third-order valence-corrected chi connectivity index (χ3v) is 18.7. The normalized spacial score (nSPS) is 18.7. The predicted octanol–water partition coefficient (Wildman–Crippen LogP) is 6.39. The van der Waals surface area contributed by atoms with Crippen LogP contribution in [0.15, 0.2) is 117 Å². The van der Waals surface area contributed by atoms with E-state index in [0.29, 0.717) is 25.7 Å². The lowest BCUT2D eigenvalue weighted by atomic mass is 9.89. The highest BCUT2D eigenvalue weighted by atomic mass is 32.2. The molecule has 4 aromatic rings. The maximum absolute atomic E-state index is 15.4. The Balaban J connectivity index is 1.66. The van der Waals surface area contributed by atoms with Crippen molar-refractivity contribution >= 4 is 47.2 Å². The highest BCUT2D eigenvalue weighted by Crippen LogP contribution is 2.36. The first kappa shape index (κ1) is 47.6. The number of sulfonamides is 3. The summed E-state index contributed by atoms with van der Waals surface area (Å²) in [5.41, 5.74) is 3.22. The second-order valence-corrected chi connectivity index (χ2v) is 23.2. The SMILES string of the molecule is CB(O)N(CCN(CC[N+]1(S(=O)(=O)c2ccc(C)cc2)CCCCCCCCC1OS(=O)(=O)c1ccc(C)cc1)S(=O)(=O)c1ccc(C)cc1)S(=O)(=O)c1ccc(C)cc1. The largest absolute Gasteiger partial charge is 0.437 e. The Labute approximate surface area is 358 Å². The minimum atomic E-state index is -4.56. The van der Waals surface area contributed by atoms with Crippen molar-refractivity contribution < 1.29 is 46.8 Å². The molecular formula is C42H57BN3O10S4+. The highest BCUT2D eigenvalue weighted by molar-refractivity contribution is 7.90. The smallest absolute Gasteiger partial charge is 0.390 e. The standard InChI is InChI=1S/C42H57BN3O10S4/c1-34-13-21-38(22-14-34)57(48,49)44(29-30-45(43(5)47)58(50,51)39-23-15-35(2)16-24-39)31-33-46(59(52,53)40-25-17-36(3)18-26-40)32-11-9-7-6-8-10-12-42(46)56-60(54,55)41-27-19-37(4)20-28-41/h13-28,42,47H,6-12,29-33H2,1-5H3/q+1. The lowest BCUT2D eigenvalue weighted by Crippen LogP contribution is -2.63. The van der Waals surface area contributed by atoms with Gasteiger partial charge in [0, 0.05) is 19.5 Å². The Morgan fingerprint density at radius 3 is 1.47 bits per heavy atom. The van der Waals surface area contributed by atoms with Crippen LogP contribution < -0.4 is 0 Å². The number of hydrogen-bond acceptors (Lipinski definition) is 10. The molecule has 0 bridgehead atoms. The summed E-state index contributed by atoms with van der Waals surface area (Å²) in [7, 11) is -19.5. The molecule has 1 heterocycles. The molecule has 0 aliphatic carbocycles. The van der Waals surface area contributed by atoms with E-state index in [1.807, 2.05) is 13.8 Å². The van der Waals surface area contributed by atoms with Gasteiger partial charge in [0.1, 0.15) is 11.4 Å². The van der Waals surface area contributed by atoms with Gasteiger partial charge in [-0.2, -0.15) is 25.0 Å². The summed E-state index contributed by atoms with van der Waals surface area (Å²) in [5, 5.41) is 10.8. The second kappa shape index (κ2) is 19.7. The van der Waals surface area contributed by atoms with Crippen molar-refractivity contribution in [2.75, 3.05) is 32.7 Å². The topological polar surface area (TPSA) is 172 Å². The summed E-state index contributed by atoms with van der Waals surface area (Å²) in [6, 6.07) is 24.4. The number of quaternary nitrogens is 1. The molecule has 2 unspecified atom stereocenters. The summed E-state index contributed by atoms with van der Waals surface area (Å²) >= 11 is 0. The van der Waals surface area contributed by atoms with Crippen LogP contribution in [0.25, 0.3) is 0 Å². The first-order valence-corrected chi connectivity index (χ1v) is 26.0. The monoisotopic (exact) mass is 902 g/mol. The van der Waals surface area contributed by atoms with Gasteiger partial charge in [0.2, 0.25) is 26.3 Å². The summed E-state index contributed by atoms with van der Waals surface area (Å²) in [4.78, 5) is -0.434. The van der Waals surface area contributed by atoms with Gasteiger partial charge in [-0.25, -0.2) is 25.2 Å². The van der Waals surface area contributed by atoms with Crippen LogP contribution in [0.4, 0.5) is 0 Å². The Kier molecular flexibility index (Phi) is 15.6. The molecular weight excluding hydrogens is 846 g/mol. The molecule has 18 heteroatoms. The van der Waals surface area contributed by atoms with Gasteiger partial charge >= 0.3 is 27.2 Å². The summed E-state index contributed by atoms with van der Waals surface area (Å²) < 4.78 is 123. The Morgan fingerprint density at radius 1 is 0.567 bits per heavy atom. The third-order valence-electron chi connectivity index (χ3n) is 11.1. The third kappa shape index (κ3) is 10.9. The van der Waals surface area contributed by atoms with Crippen LogP contribution in [-0.2, 0) is 44.4 Å². The van der Waals surface area contributed by atoms with Crippen LogP contribution >= 0.6 is 0 Å². The van der Waals surface area contributed by atoms with Gasteiger partial charge in [-0.15, -0.1) is 0 Å². The van der Waals surface area contributed by atoms with Gasteiger partial charge < -0.3 is 5.02 Å². The number of aryl methyl sites for hydroxylation is 4. The molecule has 0 spiro atoms. The van der Waals surface area contributed by atoms with E-state index in [9.17, 15) is 30.3 Å². The van der Waals surface area contributed by atoms with Crippen LogP contribution in [0.3, 0.4) is 0 Å². The minimum Gasteiger partial charge on any atom is -0.437 e. The quantitative estimate of drug-likeness (QED) is 0.0755. The van der Waals surface area contributed by atoms with E-state index in [4.69, 9.17) is 4.18 Å². The molecule has 326 valence electrons. The van der Waals surface area contributed by atoms with E-state index in [0.717, 1.165) is 43.6 Å². The lowest BCUT2D eigenvalue weighted by molar-refractivity contribution is -0.855. The van der Waals surface area contributed by atoms with Crippen molar-refractivity contribution in [2.45, 2.75) is 105 Å². The van der Waals surface area contributed by atoms with Crippen molar-refractivity contribution in [1.29, 1.82) is 0 Å². The van der Waals surface area contributed by atoms with Crippen molar-refractivity contribution in [2.24, 2.45) is 0 Å².